The van der Waals surface area contributed by atoms with Crippen molar-refractivity contribution >= 4 is 0 Å². The predicted octanol–water partition coefficient (Wildman–Crippen LogP) is -0.872. The van der Waals surface area contributed by atoms with E-state index in [2.05, 4.69) is 21.0 Å². The molecular formula is C13H30ClNO2. The summed E-state index contributed by atoms with van der Waals surface area (Å²) in [6.07, 6.45) is 7.70. The van der Waals surface area contributed by atoms with Crippen LogP contribution >= 0.6 is 0 Å². The third-order valence-corrected chi connectivity index (χ3v) is 2.84. The first-order chi connectivity index (χ1) is 7.27. The maximum Gasteiger partial charge on any atom is 0.210 e. The molecule has 0 aliphatic heterocycles. The zero-order valence-electron chi connectivity index (χ0n) is 11.9. The molecule has 0 aromatic rings. The van der Waals surface area contributed by atoms with Gasteiger partial charge in [-0.2, -0.15) is 0 Å². The number of likely N-dealkylation sites (N-methyl/N-ethyl adjacent to an activating group) is 1. The molecule has 0 amide bonds. The second-order valence-corrected chi connectivity index (χ2v) is 5.80. The van der Waals surface area contributed by atoms with Crippen molar-refractivity contribution in [3.63, 3.8) is 0 Å². The Hall–Kier alpha value is 0.170. The van der Waals surface area contributed by atoms with Crippen molar-refractivity contribution in [2.75, 3.05) is 27.2 Å². The van der Waals surface area contributed by atoms with Crippen LogP contribution < -0.4 is 12.4 Å². The standard InChI is InChI=1S/C13H30NO2.ClH/c1-5-6-7-8-9-10-11-14(3,4)12-13(2,15)16;/h15-16H,5-12H2,1-4H3;1H/q+1;/p-1. The number of quaternary nitrogens is 1. The fourth-order valence-corrected chi connectivity index (χ4v) is 2.21. The number of hydrogen-bond acceptors (Lipinski definition) is 2. The van der Waals surface area contributed by atoms with E-state index in [9.17, 15) is 10.2 Å². The summed E-state index contributed by atoms with van der Waals surface area (Å²) in [6.45, 7) is 5.09. The van der Waals surface area contributed by atoms with E-state index in [-0.39, 0.29) is 12.4 Å². The molecule has 0 rings (SSSR count). The van der Waals surface area contributed by atoms with Crippen LogP contribution in [0, 0.1) is 0 Å². The quantitative estimate of drug-likeness (QED) is 0.324. The monoisotopic (exact) mass is 267 g/mol. The van der Waals surface area contributed by atoms with Gasteiger partial charge in [-0.1, -0.05) is 32.6 Å². The van der Waals surface area contributed by atoms with Crippen molar-refractivity contribution in [3.05, 3.63) is 0 Å². The van der Waals surface area contributed by atoms with Crippen LogP contribution in [-0.2, 0) is 0 Å². The van der Waals surface area contributed by atoms with Crippen LogP contribution in [0.25, 0.3) is 0 Å². The molecule has 17 heavy (non-hydrogen) atoms. The van der Waals surface area contributed by atoms with Gasteiger partial charge in [0.25, 0.3) is 0 Å². The van der Waals surface area contributed by atoms with Crippen molar-refractivity contribution in [2.24, 2.45) is 0 Å². The van der Waals surface area contributed by atoms with E-state index in [0.717, 1.165) is 6.54 Å². The molecule has 0 atom stereocenters. The normalized spacial score (nSPS) is 12.4. The predicted molar refractivity (Wildman–Crippen MR) is 68.1 cm³/mol. The molecule has 0 radical (unpaired) electrons. The summed E-state index contributed by atoms with van der Waals surface area (Å²) in [4.78, 5) is 0. The molecule has 0 fully saturated rings. The summed E-state index contributed by atoms with van der Waals surface area (Å²) in [6, 6.07) is 0. The van der Waals surface area contributed by atoms with E-state index in [0.29, 0.717) is 11.0 Å². The lowest BCUT2D eigenvalue weighted by atomic mass is 10.1. The number of aliphatic hydroxyl groups is 2. The van der Waals surface area contributed by atoms with E-state index in [1.807, 2.05) is 0 Å². The Labute approximate surface area is 113 Å². The van der Waals surface area contributed by atoms with Gasteiger partial charge >= 0.3 is 0 Å². The van der Waals surface area contributed by atoms with E-state index in [1.54, 1.807) is 0 Å². The van der Waals surface area contributed by atoms with Gasteiger partial charge in [0.2, 0.25) is 5.79 Å². The minimum atomic E-state index is -1.55. The summed E-state index contributed by atoms with van der Waals surface area (Å²) >= 11 is 0. The third kappa shape index (κ3) is 14.1. The largest absolute Gasteiger partial charge is 1.00 e. The Bertz CT molecular complexity index is 179. The van der Waals surface area contributed by atoms with Crippen molar-refractivity contribution in [1.82, 2.24) is 0 Å². The lowest BCUT2D eigenvalue weighted by molar-refractivity contribution is -0.900. The first-order valence-corrected chi connectivity index (χ1v) is 6.53. The van der Waals surface area contributed by atoms with Crippen LogP contribution in [-0.4, -0.2) is 47.7 Å². The molecule has 4 heteroatoms. The van der Waals surface area contributed by atoms with Crippen molar-refractivity contribution in [1.29, 1.82) is 0 Å². The first-order valence-electron chi connectivity index (χ1n) is 6.53. The maximum atomic E-state index is 9.37. The summed E-state index contributed by atoms with van der Waals surface area (Å²) in [5, 5.41) is 18.7. The highest BCUT2D eigenvalue weighted by Gasteiger charge is 2.27. The molecule has 0 aliphatic rings. The molecule has 0 saturated heterocycles. The lowest BCUT2D eigenvalue weighted by Crippen LogP contribution is -3.00. The lowest BCUT2D eigenvalue weighted by Gasteiger charge is -2.34. The molecule has 0 saturated carbocycles. The van der Waals surface area contributed by atoms with Crippen LogP contribution in [0.5, 0.6) is 0 Å². The van der Waals surface area contributed by atoms with Gasteiger partial charge in [-0.15, -0.1) is 0 Å². The molecule has 0 spiro atoms. The first kappa shape index (κ1) is 19.5. The smallest absolute Gasteiger partial charge is 0.210 e. The van der Waals surface area contributed by atoms with Crippen molar-refractivity contribution in [3.8, 4) is 0 Å². The molecule has 2 N–H and O–H groups in total. The SMILES string of the molecule is CCCCCCCC[N+](C)(C)CC(C)(O)O.[Cl-]. The van der Waals surface area contributed by atoms with Gasteiger partial charge in [-0.05, 0) is 19.8 Å². The molecule has 0 aromatic carbocycles. The van der Waals surface area contributed by atoms with Gasteiger partial charge < -0.3 is 27.1 Å². The highest BCUT2D eigenvalue weighted by atomic mass is 35.5. The van der Waals surface area contributed by atoms with Crippen molar-refractivity contribution < 1.29 is 27.1 Å². The van der Waals surface area contributed by atoms with Crippen molar-refractivity contribution in [2.45, 2.75) is 58.2 Å². The minimum absolute atomic E-state index is 0. The molecule has 3 nitrogen and oxygen atoms in total. The number of halogens is 1. The van der Waals surface area contributed by atoms with E-state index < -0.39 is 5.79 Å². The zero-order valence-corrected chi connectivity index (χ0v) is 12.6. The molecular weight excluding hydrogens is 238 g/mol. The Morgan fingerprint density at radius 1 is 0.941 bits per heavy atom. The molecule has 0 aromatic heterocycles. The number of rotatable bonds is 9. The fraction of sp³-hybridized carbons (Fsp3) is 1.00. The average molecular weight is 268 g/mol. The van der Waals surface area contributed by atoms with Gasteiger partial charge in [0.1, 0.15) is 6.54 Å². The Balaban J connectivity index is 0. The van der Waals surface area contributed by atoms with E-state index in [1.165, 1.54) is 45.4 Å². The van der Waals surface area contributed by atoms with E-state index in [4.69, 9.17) is 0 Å². The Morgan fingerprint density at radius 2 is 1.41 bits per heavy atom. The Kier molecular flexibility index (Phi) is 10.5. The topological polar surface area (TPSA) is 40.5 Å². The number of hydrogen-bond donors (Lipinski definition) is 2. The van der Waals surface area contributed by atoms with Crippen LogP contribution in [0.15, 0.2) is 0 Å². The highest BCUT2D eigenvalue weighted by molar-refractivity contribution is 4.54. The second kappa shape index (κ2) is 9.15. The zero-order chi connectivity index (χ0) is 12.7. The summed E-state index contributed by atoms with van der Waals surface area (Å²) in [7, 11) is 4.10. The summed E-state index contributed by atoms with van der Waals surface area (Å²) in [5.74, 6) is -1.55. The molecule has 0 unspecified atom stereocenters. The summed E-state index contributed by atoms with van der Waals surface area (Å²) < 4.78 is 0.678. The van der Waals surface area contributed by atoms with Gasteiger partial charge in [0.05, 0.1) is 20.6 Å². The molecule has 0 aliphatic carbocycles. The van der Waals surface area contributed by atoms with Gasteiger partial charge in [0.15, 0.2) is 0 Å². The molecule has 106 valence electrons. The molecule has 0 bridgehead atoms. The van der Waals surface area contributed by atoms with Gasteiger partial charge in [0, 0.05) is 0 Å². The highest BCUT2D eigenvalue weighted by Crippen LogP contribution is 2.11. The van der Waals surface area contributed by atoms with Gasteiger partial charge in [-0.25, -0.2) is 0 Å². The third-order valence-electron chi connectivity index (χ3n) is 2.84. The summed E-state index contributed by atoms with van der Waals surface area (Å²) in [5.41, 5.74) is 0. The fourth-order valence-electron chi connectivity index (χ4n) is 2.21. The minimum Gasteiger partial charge on any atom is -1.00 e. The van der Waals surface area contributed by atoms with Gasteiger partial charge in [-0.3, -0.25) is 0 Å². The van der Waals surface area contributed by atoms with Crippen LogP contribution in [0.2, 0.25) is 0 Å². The molecule has 0 heterocycles. The van der Waals surface area contributed by atoms with E-state index >= 15 is 0 Å². The van der Waals surface area contributed by atoms with Crippen LogP contribution in [0.4, 0.5) is 0 Å². The second-order valence-electron chi connectivity index (χ2n) is 5.80. The van der Waals surface area contributed by atoms with Crippen LogP contribution in [0.1, 0.15) is 52.4 Å². The number of nitrogens with zero attached hydrogens (tertiary/aromatic N) is 1. The number of unbranched alkanes of at least 4 members (excludes halogenated alkanes) is 5. The maximum absolute atomic E-state index is 9.37. The van der Waals surface area contributed by atoms with Crippen LogP contribution in [0.3, 0.4) is 0 Å². The average Bonchev–Trinajstić information content (AvgIpc) is 2.06. The Morgan fingerprint density at radius 3 is 1.88 bits per heavy atom.